The summed E-state index contributed by atoms with van der Waals surface area (Å²) in [5.74, 6) is -4.91. The van der Waals surface area contributed by atoms with E-state index >= 15 is 0 Å². The molecule has 1 aromatic rings. The third kappa shape index (κ3) is 21.5. The zero-order valence-corrected chi connectivity index (χ0v) is 21.3. The topological polar surface area (TPSA) is 159 Å². The molecule has 0 amide bonds. The maximum Gasteiger partial charge on any atom is 0.317 e. The van der Waals surface area contributed by atoms with Crippen molar-refractivity contribution in [1.29, 1.82) is 0 Å². The fraction of sp³-hybridized carbons (Fsp3) is 0.474. The molecule has 0 heterocycles. The van der Waals surface area contributed by atoms with Gasteiger partial charge in [-0.1, -0.05) is 30.3 Å². The number of nitrogens with zero attached hydrogens (tertiary/aromatic N) is 3. The summed E-state index contributed by atoms with van der Waals surface area (Å²) in [5, 5.41) is 34.5. The molecule has 32 heavy (non-hydrogen) atoms. The van der Waals surface area contributed by atoms with Crippen LogP contribution in [0.4, 0.5) is 0 Å². The summed E-state index contributed by atoms with van der Waals surface area (Å²) >= 11 is 0. The number of rotatable bonds is 13. The van der Waals surface area contributed by atoms with Crippen LogP contribution >= 0.6 is 12.4 Å². The van der Waals surface area contributed by atoms with Gasteiger partial charge in [-0.2, -0.15) is 0 Å². The van der Waals surface area contributed by atoms with E-state index in [1.165, 1.54) is 5.56 Å². The van der Waals surface area contributed by atoms with Crippen LogP contribution in [0.5, 0.6) is 0 Å². The van der Waals surface area contributed by atoms with E-state index in [1.54, 1.807) is 0 Å². The second kappa shape index (κ2) is 19.9. The number of halogens is 1. The van der Waals surface area contributed by atoms with Crippen molar-refractivity contribution in [3.05, 3.63) is 35.9 Å². The maximum atomic E-state index is 10.6. The van der Waals surface area contributed by atoms with Gasteiger partial charge in [0.1, 0.15) is 0 Å². The second-order valence-corrected chi connectivity index (χ2v) is 6.72. The minimum atomic E-state index is -1.23. The van der Waals surface area contributed by atoms with Crippen LogP contribution in [-0.4, -0.2) is 142 Å². The number of carboxylic acids is 4. The minimum absolute atomic E-state index is 0. The van der Waals surface area contributed by atoms with E-state index in [4.69, 9.17) is 20.4 Å². The summed E-state index contributed by atoms with van der Waals surface area (Å²) in [6, 6.07) is 10.5. The Morgan fingerprint density at radius 3 is 1.25 bits per heavy atom. The first-order valence-electron chi connectivity index (χ1n) is 9.00. The van der Waals surface area contributed by atoms with Gasteiger partial charge in [-0.15, -0.1) is 12.4 Å². The van der Waals surface area contributed by atoms with Crippen molar-refractivity contribution >= 4 is 65.8 Å². The van der Waals surface area contributed by atoms with Crippen LogP contribution in [0.3, 0.4) is 0 Å². The zero-order chi connectivity index (χ0) is 23.1. The quantitative estimate of drug-likeness (QED) is 0.271. The maximum absolute atomic E-state index is 10.6. The molecule has 0 saturated carbocycles. The number of aliphatic carboxylic acids is 4. The van der Waals surface area contributed by atoms with Crippen LogP contribution in [-0.2, 0) is 25.7 Å². The van der Waals surface area contributed by atoms with Gasteiger partial charge in [-0.05, 0) is 19.7 Å². The number of carboxylic acid groups (broad SMARTS) is 4. The molecule has 0 aliphatic rings. The van der Waals surface area contributed by atoms with Crippen molar-refractivity contribution in [2.45, 2.75) is 6.54 Å². The molecule has 13 heteroatoms. The molecule has 1 radical (unpaired) electrons. The van der Waals surface area contributed by atoms with Gasteiger partial charge in [0.25, 0.3) is 0 Å². The molecule has 0 aliphatic carbocycles. The summed E-state index contributed by atoms with van der Waals surface area (Å²) in [6.45, 7) is -1.22. The Morgan fingerprint density at radius 2 is 1.00 bits per heavy atom. The van der Waals surface area contributed by atoms with Crippen molar-refractivity contribution in [2.75, 3.05) is 53.4 Å². The van der Waals surface area contributed by atoms with Crippen molar-refractivity contribution in [2.24, 2.45) is 0 Å². The number of benzene rings is 1. The van der Waals surface area contributed by atoms with Gasteiger partial charge in [0, 0.05) is 49.2 Å². The fourth-order valence-electron chi connectivity index (χ4n) is 2.42. The molecule has 1 rings (SSSR count). The first kappa shape index (κ1) is 34.9. The summed E-state index contributed by atoms with van der Waals surface area (Å²) < 4.78 is 0. The smallest absolute Gasteiger partial charge is 0.317 e. The van der Waals surface area contributed by atoms with Crippen LogP contribution in [0, 0.1) is 0 Å². The molecule has 0 aromatic heterocycles. The summed E-state index contributed by atoms with van der Waals surface area (Å²) in [5.41, 5.74) is 1.37. The predicted octanol–water partition coefficient (Wildman–Crippen LogP) is -0.282. The second-order valence-electron chi connectivity index (χ2n) is 6.72. The zero-order valence-electron chi connectivity index (χ0n) is 18.5. The van der Waals surface area contributed by atoms with Crippen molar-refractivity contribution in [3.63, 3.8) is 0 Å². The first-order chi connectivity index (χ1) is 14.0. The Hall–Kier alpha value is -1.73. The molecule has 0 atom stereocenters. The Morgan fingerprint density at radius 1 is 0.688 bits per heavy atom. The third-order valence-electron chi connectivity index (χ3n) is 3.51. The van der Waals surface area contributed by atoms with Gasteiger partial charge in [0.15, 0.2) is 0 Å². The van der Waals surface area contributed by atoms with Crippen LogP contribution in [0.25, 0.3) is 0 Å². The largest absolute Gasteiger partial charge is 0.480 e. The first-order valence-corrected chi connectivity index (χ1v) is 9.00. The van der Waals surface area contributed by atoms with E-state index in [-0.39, 0.29) is 55.1 Å². The number of carbonyl (C=O) groups is 4. The molecule has 0 unspecified atom stereocenters. The molecule has 0 fully saturated rings. The molecule has 11 nitrogen and oxygen atoms in total. The van der Waals surface area contributed by atoms with E-state index in [1.807, 2.05) is 6.07 Å². The Bertz CT molecular complexity index is 626. The minimum Gasteiger partial charge on any atom is -0.480 e. The van der Waals surface area contributed by atoms with Gasteiger partial charge in [0.2, 0.25) is 0 Å². The van der Waals surface area contributed by atoms with Crippen LogP contribution in [0.2, 0.25) is 0 Å². The fourth-order valence-corrected chi connectivity index (χ4v) is 2.42. The molecule has 1 aromatic carbocycles. The third-order valence-corrected chi connectivity index (χ3v) is 3.51. The van der Waals surface area contributed by atoms with Gasteiger partial charge in [-0.25, -0.2) is 0 Å². The molecule has 0 spiro atoms. The standard InChI is InChI=1S/C10H16N2O8.C9H13N.ClH.Na/c13-7(14)3-11(4-8(15)16)1-2-12(5-9(17)18)6-10(19)20;1-10(2)8-9-6-4-3-5-7-9;;/h1-6H2,(H,13,14)(H,15,16)(H,17,18)(H,19,20);3-7H,8H2,1-2H3;1H;. The summed E-state index contributed by atoms with van der Waals surface area (Å²) in [4.78, 5) is 46.5. The van der Waals surface area contributed by atoms with Gasteiger partial charge in [0.05, 0.1) is 26.2 Å². The van der Waals surface area contributed by atoms with Gasteiger partial charge < -0.3 is 25.3 Å². The molecule has 0 saturated heterocycles. The van der Waals surface area contributed by atoms with Crippen molar-refractivity contribution in [3.8, 4) is 0 Å². The van der Waals surface area contributed by atoms with Gasteiger partial charge in [-0.3, -0.25) is 29.0 Å². The van der Waals surface area contributed by atoms with E-state index < -0.39 is 50.1 Å². The van der Waals surface area contributed by atoms with E-state index in [0.717, 1.165) is 16.3 Å². The summed E-state index contributed by atoms with van der Waals surface area (Å²) in [7, 11) is 4.15. The molecule has 177 valence electrons. The summed E-state index contributed by atoms with van der Waals surface area (Å²) in [6.07, 6.45) is 0. The monoisotopic (exact) mass is 486 g/mol. The molecule has 4 N–H and O–H groups in total. The van der Waals surface area contributed by atoms with Crippen LogP contribution in [0.1, 0.15) is 5.56 Å². The Balaban J connectivity index is -0.000000591. The van der Waals surface area contributed by atoms with Crippen molar-refractivity contribution < 1.29 is 39.6 Å². The Labute approximate surface area is 215 Å². The predicted molar refractivity (Wildman–Crippen MR) is 120 cm³/mol. The number of hydrogen-bond acceptors (Lipinski definition) is 7. The SMILES string of the molecule is CN(C)Cc1ccccc1.Cl.O=C(O)CN(CCN(CC(=O)O)CC(=O)O)CC(=O)O.[Na]. The molecular formula is C19H30ClN3NaO8. The average Bonchev–Trinajstić information content (AvgIpc) is 2.58. The molecular weight excluding hydrogens is 457 g/mol. The van der Waals surface area contributed by atoms with Crippen LogP contribution < -0.4 is 0 Å². The van der Waals surface area contributed by atoms with E-state index in [0.29, 0.717) is 0 Å². The normalized spacial score (nSPS) is 9.91. The van der Waals surface area contributed by atoms with Gasteiger partial charge >= 0.3 is 23.9 Å². The average molecular weight is 487 g/mol. The van der Waals surface area contributed by atoms with Crippen LogP contribution in [0.15, 0.2) is 30.3 Å². The molecule has 0 bridgehead atoms. The van der Waals surface area contributed by atoms with E-state index in [2.05, 4.69) is 43.3 Å². The van der Waals surface area contributed by atoms with E-state index in [9.17, 15) is 19.2 Å². The molecule has 0 aliphatic heterocycles. The Kier molecular flexibility index (Phi) is 21.7. The number of hydrogen-bond donors (Lipinski definition) is 4. The van der Waals surface area contributed by atoms with Crippen molar-refractivity contribution in [1.82, 2.24) is 14.7 Å².